The van der Waals surface area contributed by atoms with Gasteiger partial charge in [-0.15, -0.1) is 0 Å². The molecule has 1 aliphatic rings. The molecule has 0 radical (unpaired) electrons. The first kappa shape index (κ1) is 20.2. The molecule has 0 aromatic heterocycles. The minimum Gasteiger partial charge on any atom is -0.508 e. The summed E-state index contributed by atoms with van der Waals surface area (Å²) in [5, 5.41) is 20.0. The third-order valence-corrected chi connectivity index (χ3v) is 5.36. The van der Waals surface area contributed by atoms with Crippen molar-refractivity contribution >= 4 is 6.09 Å². The predicted molar refractivity (Wildman–Crippen MR) is 108 cm³/mol. The van der Waals surface area contributed by atoms with Crippen LogP contribution in [0.4, 0.5) is 4.79 Å². The van der Waals surface area contributed by atoms with Gasteiger partial charge in [0.05, 0.1) is 11.6 Å². The van der Waals surface area contributed by atoms with Gasteiger partial charge in [-0.1, -0.05) is 42.5 Å². The average molecular weight is 383 g/mol. The highest BCUT2D eigenvalue weighted by atomic mass is 16.6. The summed E-state index contributed by atoms with van der Waals surface area (Å²) in [6, 6.07) is 16.4. The smallest absolute Gasteiger partial charge is 0.411 e. The molecule has 1 unspecified atom stereocenters. The van der Waals surface area contributed by atoms with Crippen LogP contribution in [0.3, 0.4) is 0 Å². The number of hydrogen-bond donors (Lipinski definition) is 2. The fourth-order valence-corrected chi connectivity index (χ4v) is 4.06. The Labute approximate surface area is 166 Å². The third-order valence-electron chi connectivity index (χ3n) is 5.36. The van der Waals surface area contributed by atoms with Gasteiger partial charge in [0, 0.05) is 13.0 Å². The highest BCUT2D eigenvalue weighted by molar-refractivity contribution is 5.69. The van der Waals surface area contributed by atoms with E-state index in [1.54, 1.807) is 30.9 Å². The number of ether oxygens (including phenoxy) is 1. The first-order valence-corrected chi connectivity index (χ1v) is 9.77. The van der Waals surface area contributed by atoms with Crippen molar-refractivity contribution in [2.75, 3.05) is 6.54 Å². The van der Waals surface area contributed by atoms with E-state index in [2.05, 4.69) is 0 Å². The minimum absolute atomic E-state index is 0.179. The van der Waals surface area contributed by atoms with E-state index in [0.717, 1.165) is 17.5 Å². The predicted octanol–water partition coefficient (Wildman–Crippen LogP) is 4.74. The largest absolute Gasteiger partial charge is 0.508 e. The molecule has 2 aromatic carbocycles. The highest BCUT2D eigenvalue weighted by Crippen LogP contribution is 2.41. The van der Waals surface area contributed by atoms with Crippen molar-refractivity contribution in [3.8, 4) is 5.75 Å². The van der Waals surface area contributed by atoms with E-state index >= 15 is 0 Å². The Hall–Kier alpha value is -2.53. The van der Waals surface area contributed by atoms with Crippen molar-refractivity contribution in [2.45, 2.75) is 57.3 Å². The lowest BCUT2D eigenvalue weighted by Gasteiger charge is -2.37. The van der Waals surface area contributed by atoms with E-state index in [1.807, 2.05) is 49.4 Å². The summed E-state index contributed by atoms with van der Waals surface area (Å²) in [5.74, 6) is 0.197. The molecule has 2 atom stereocenters. The number of aromatic hydroxyl groups is 1. The first-order valence-electron chi connectivity index (χ1n) is 9.77. The van der Waals surface area contributed by atoms with E-state index < -0.39 is 11.2 Å². The van der Waals surface area contributed by atoms with Gasteiger partial charge in [-0.2, -0.15) is 0 Å². The van der Waals surface area contributed by atoms with Crippen LogP contribution in [0.2, 0.25) is 0 Å². The molecule has 3 rings (SSSR count). The number of nitrogens with zero attached hydrogens (tertiary/aromatic N) is 1. The molecule has 0 aliphatic carbocycles. The fourth-order valence-electron chi connectivity index (χ4n) is 4.06. The molecule has 2 aromatic rings. The summed E-state index contributed by atoms with van der Waals surface area (Å²) in [7, 11) is 0. The number of rotatable bonds is 5. The molecule has 0 spiro atoms. The van der Waals surface area contributed by atoms with Crippen LogP contribution in [0.25, 0.3) is 0 Å². The van der Waals surface area contributed by atoms with Gasteiger partial charge in [-0.25, -0.2) is 4.79 Å². The Morgan fingerprint density at radius 2 is 1.79 bits per heavy atom. The summed E-state index contributed by atoms with van der Waals surface area (Å²) in [6.45, 7) is 6.01. The molecule has 0 saturated carbocycles. The molecule has 2 N–H and O–H groups in total. The Morgan fingerprint density at radius 3 is 2.39 bits per heavy atom. The number of benzene rings is 2. The second-order valence-electron chi connectivity index (χ2n) is 8.28. The molecule has 1 heterocycles. The molecular weight excluding hydrogens is 354 g/mol. The highest BCUT2D eigenvalue weighted by Gasteiger charge is 2.44. The molecule has 0 bridgehead atoms. The molecule has 28 heavy (non-hydrogen) atoms. The third kappa shape index (κ3) is 4.47. The van der Waals surface area contributed by atoms with E-state index in [4.69, 9.17) is 4.74 Å². The Morgan fingerprint density at radius 1 is 1.14 bits per heavy atom. The van der Waals surface area contributed by atoms with Crippen molar-refractivity contribution < 1.29 is 19.7 Å². The summed E-state index contributed by atoms with van der Waals surface area (Å²) >= 11 is 0. The van der Waals surface area contributed by atoms with Crippen LogP contribution in [0.15, 0.2) is 54.6 Å². The molecule has 150 valence electrons. The van der Waals surface area contributed by atoms with Gasteiger partial charge in [-0.3, -0.25) is 0 Å². The van der Waals surface area contributed by atoms with Crippen LogP contribution in [0, 0.1) is 0 Å². The number of cyclic esters (lactones) is 1. The standard InChI is InChI=1S/C23H29NO4/c1-17(18-10-12-20(25)13-11-18)24-15-7-14-23(28-21(24)26,16-22(2,3)27)19-8-5-4-6-9-19/h4-6,8-13,17,25,27H,7,14-16H2,1-3H3/t17-,23?/m0/s1. The zero-order valence-electron chi connectivity index (χ0n) is 16.8. The van der Waals surface area contributed by atoms with Crippen molar-refractivity contribution in [1.82, 2.24) is 4.90 Å². The van der Waals surface area contributed by atoms with Crippen LogP contribution < -0.4 is 0 Å². The monoisotopic (exact) mass is 383 g/mol. The quantitative estimate of drug-likeness (QED) is 0.782. The normalized spacial score (nSPS) is 21.7. The van der Waals surface area contributed by atoms with Crippen LogP contribution in [-0.4, -0.2) is 33.4 Å². The second kappa shape index (κ2) is 7.84. The Bertz CT molecular complexity index is 798. The van der Waals surface area contributed by atoms with Gasteiger partial charge >= 0.3 is 6.09 Å². The molecule has 5 heteroatoms. The number of carbonyl (C=O) groups excluding carboxylic acids is 1. The number of carbonyl (C=O) groups is 1. The Balaban J connectivity index is 1.90. The first-order chi connectivity index (χ1) is 13.2. The van der Waals surface area contributed by atoms with Gasteiger partial charge < -0.3 is 19.8 Å². The van der Waals surface area contributed by atoms with Gasteiger partial charge in [0.15, 0.2) is 0 Å². The minimum atomic E-state index is -0.978. The van der Waals surface area contributed by atoms with Gasteiger partial charge in [0.2, 0.25) is 0 Å². The number of phenols is 1. The molecule has 1 saturated heterocycles. The summed E-state index contributed by atoms with van der Waals surface area (Å²) in [5.41, 5.74) is 0.00232. The molecule has 1 aliphatic heterocycles. The fraction of sp³-hybridized carbons (Fsp3) is 0.435. The number of aliphatic hydroxyl groups is 1. The lowest BCUT2D eigenvalue weighted by atomic mass is 9.80. The zero-order valence-corrected chi connectivity index (χ0v) is 16.8. The van der Waals surface area contributed by atoms with Gasteiger partial charge in [0.1, 0.15) is 11.4 Å². The van der Waals surface area contributed by atoms with Crippen LogP contribution in [-0.2, 0) is 10.3 Å². The van der Waals surface area contributed by atoms with E-state index in [9.17, 15) is 15.0 Å². The van der Waals surface area contributed by atoms with Gasteiger partial charge in [0.25, 0.3) is 0 Å². The van der Waals surface area contributed by atoms with E-state index in [0.29, 0.717) is 19.4 Å². The summed E-state index contributed by atoms with van der Waals surface area (Å²) in [4.78, 5) is 14.9. The van der Waals surface area contributed by atoms with Crippen molar-refractivity contribution in [2.24, 2.45) is 0 Å². The second-order valence-corrected chi connectivity index (χ2v) is 8.28. The maximum Gasteiger partial charge on any atom is 0.411 e. The molecule has 5 nitrogen and oxygen atoms in total. The van der Waals surface area contributed by atoms with Crippen molar-refractivity contribution in [1.29, 1.82) is 0 Å². The lowest BCUT2D eigenvalue weighted by molar-refractivity contribution is -0.0663. The number of phenolic OH excluding ortho intramolecular Hbond substituents is 1. The topological polar surface area (TPSA) is 70.0 Å². The molecular formula is C23H29NO4. The average Bonchev–Trinajstić information content (AvgIpc) is 2.80. The molecule has 1 fully saturated rings. The summed E-state index contributed by atoms with van der Waals surface area (Å²) < 4.78 is 6.12. The Kier molecular flexibility index (Phi) is 5.66. The maximum absolute atomic E-state index is 13.1. The van der Waals surface area contributed by atoms with Crippen molar-refractivity contribution in [3.05, 3.63) is 65.7 Å². The lowest BCUT2D eigenvalue weighted by Crippen LogP contribution is -2.41. The van der Waals surface area contributed by atoms with Gasteiger partial charge in [-0.05, 0) is 56.9 Å². The van der Waals surface area contributed by atoms with Crippen molar-refractivity contribution in [3.63, 3.8) is 0 Å². The maximum atomic E-state index is 13.1. The molecule has 1 amide bonds. The number of amides is 1. The zero-order chi connectivity index (χ0) is 20.4. The van der Waals surface area contributed by atoms with Crippen LogP contribution in [0.5, 0.6) is 5.75 Å². The number of hydrogen-bond acceptors (Lipinski definition) is 4. The van der Waals surface area contributed by atoms with E-state index in [1.165, 1.54) is 0 Å². The summed E-state index contributed by atoms with van der Waals surface area (Å²) in [6.07, 6.45) is 1.35. The van der Waals surface area contributed by atoms with E-state index in [-0.39, 0.29) is 17.9 Å². The van der Waals surface area contributed by atoms with Crippen LogP contribution >= 0.6 is 0 Å². The SMILES string of the molecule is C[C@@H](c1ccc(O)cc1)N1CCCC(CC(C)(C)O)(c2ccccc2)OC1=O. The van der Waals surface area contributed by atoms with Crippen LogP contribution in [0.1, 0.15) is 57.2 Å².